The largest absolute Gasteiger partial charge is 0.455 e. The molecule has 5 heteroatoms. The molecule has 2 rings (SSSR count). The Bertz CT molecular complexity index is 599. The molecule has 92 valence electrons. The van der Waals surface area contributed by atoms with Crippen LogP contribution >= 0.6 is 15.9 Å². The van der Waals surface area contributed by atoms with Gasteiger partial charge in [0, 0.05) is 16.2 Å². The first kappa shape index (κ1) is 12.6. The summed E-state index contributed by atoms with van der Waals surface area (Å²) in [6, 6.07) is 8.97. The molecule has 18 heavy (non-hydrogen) atoms. The number of pyridine rings is 1. The van der Waals surface area contributed by atoms with Crippen LogP contribution < -0.4 is 10.5 Å². The van der Waals surface area contributed by atoms with E-state index in [9.17, 15) is 0 Å². The Hall–Kier alpha value is -1.88. The topological polar surface area (TPSA) is 72.0 Å². The van der Waals surface area contributed by atoms with Crippen molar-refractivity contribution in [1.29, 1.82) is 5.41 Å². The zero-order valence-electron chi connectivity index (χ0n) is 9.77. The highest BCUT2D eigenvalue weighted by Gasteiger charge is 2.06. The minimum absolute atomic E-state index is 0.0194. The molecule has 0 atom stereocenters. The monoisotopic (exact) mass is 305 g/mol. The average molecular weight is 306 g/mol. The summed E-state index contributed by atoms with van der Waals surface area (Å²) < 4.78 is 6.45. The molecule has 0 saturated heterocycles. The van der Waals surface area contributed by atoms with Gasteiger partial charge in [0.25, 0.3) is 0 Å². The number of amidine groups is 1. The van der Waals surface area contributed by atoms with Crippen LogP contribution in [0.2, 0.25) is 0 Å². The molecule has 0 radical (unpaired) electrons. The number of nitrogen functional groups attached to an aromatic ring is 1. The molecule has 0 spiro atoms. The Balaban J connectivity index is 2.29. The maximum Gasteiger partial charge on any atom is 0.148 e. The highest BCUT2D eigenvalue weighted by atomic mass is 79.9. The van der Waals surface area contributed by atoms with Gasteiger partial charge in [-0.25, -0.2) is 0 Å². The van der Waals surface area contributed by atoms with E-state index in [1.54, 1.807) is 24.4 Å². The molecule has 1 aromatic carbocycles. The molecule has 3 N–H and O–H groups in total. The first-order valence-electron chi connectivity index (χ1n) is 5.31. The zero-order chi connectivity index (χ0) is 13.1. The van der Waals surface area contributed by atoms with Crippen molar-refractivity contribution in [3.8, 4) is 11.5 Å². The van der Waals surface area contributed by atoms with Crippen LogP contribution in [0, 0.1) is 12.3 Å². The standard InChI is InChI=1S/C13H12BrN3O/c1-8-12(3-2-6-17-8)18-9-4-5-10(13(15)16)11(14)7-9/h2-7H,1H3,(H3,15,16). The summed E-state index contributed by atoms with van der Waals surface area (Å²) in [6.45, 7) is 1.88. The average Bonchev–Trinajstić information content (AvgIpc) is 2.32. The van der Waals surface area contributed by atoms with Gasteiger partial charge in [0.1, 0.15) is 17.3 Å². The molecule has 0 unspecified atom stereocenters. The first-order valence-corrected chi connectivity index (χ1v) is 6.10. The normalized spacial score (nSPS) is 10.1. The molecule has 0 saturated carbocycles. The maximum absolute atomic E-state index is 7.40. The number of nitrogens with two attached hydrogens (primary N) is 1. The van der Waals surface area contributed by atoms with Gasteiger partial charge in [-0.3, -0.25) is 10.4 Å². The van der Waals surface area contributed by atoms with Crippen molar-refractivity contribution in [3.05, 3.63) is 52.3 Å². The van der Waals surface area contributed by atoms with Crippen LogP contribution in [0.1, 0.15) is 11.3 Å². The number of hydrogen-bond acceptors (Lipinski definition) is 3. The Morgan fingerprint density at radius 2 is 2.17 bits per heavy atom. The summed E-state index contributed by atoms with van der Waals surface area (Å²) in [4.78, 5) is 4.15. The number of nitrogens with zero attached hydrogens (tertiary/aromatic N) is 1. The molecule has 4 nitrogen and oxygen atoms in total. The summed E-state index contributed by atoms with van der Waals surface area (Å²) in [7, 11) is 0. The van der Waals surface area contributed by atoms with Gasteiger partial charge in [0.05, 0.1) is 5.69 Å². The van der Waals surface area contributed by atoms with E-state index in [0.717, 1.165) is 10.2 Å². The number of hydrogen-bond donors (Lipinski definition) is 2. The van der Waals surface area contributed by atoms with E-state index in [1.165, 1.54) is 0 Å². The molecule has 1 heterocycles. The smallest absolute Gasteiger partial charge is 0.148 e. The second-order valence-corrected chi connectivity index (χ2v) is 4.60. The van der Waals surface area contributed by atoms with Gasteiger partial charge in [-0.2, -0.15) is 0 Å². The van der Waals surface area contributed by atoms with Crippen molar-refractivity contribution in [1.82, 2.24) is 4.98 Å². The number of rotatable bonds is 3. The lowest BCUT2D eigenvalue weighted by Crippen LogP contribution is -2.11. The predicted octanol–water partition coefficient (Wildman–Crippen LogP) is 3.23. The minimum atomic E-state index is 0.0194. The van der Waals surface area contributed by atoms with Crippen LogP contribution in [0.25, 0.3) is 0 Å². The van der Waals surface area contributed by atoms with Crippen molar-refractivity contribution in [2.24, 2.45) is 5.73 Å². The van der Waals surface area contributed by atoms with Crippen LogP contribution in [0.5, 0.6) is 11.5 Å². The number of nitrogens with one attached hydrogen (secondary N) is 1. The van der Waals surface area contributed by atoms with Crippen LogP contribution in [0.15, 0.2) is 41.0 Å². The number of ether oxygens (including phenoxy) is 1. The third-order valence-electron chi connectivity index (χ3n) is 2.42. The van der Waals surface area contributed by atoms with Gasteiger partial charge < -0.3 is 10.5 Å². The molecule has 0 fully saturated rings. The van der Waals surface area contributed by atoms with E-state index in [-0.39, 0.29) is 5.84 Å². The quantitative estimate of drug-likeness (QED) is 0.675. The Labute approximate surface area is 113 Å². The van der Waals surface area contributed by atoms with Crippen molar-refractivity contribution < 1.29 is 4.74 Å². The van der Waals surface area contributed by atoms with Gasteiger partial charge >= 0.3 is 0 Å². The molecule has 1 aromatic heterocycles. The second kappa shape index (κ2) is 5.18. The summed E-state index contributed by atoms with van der Waals surface area (Å²) >= 11 is 3.36. The molecule has 0 bridgehead atoms. The van der Waals surface area contributed by atoms with E-state index in [4.69, 9.17) is 15.9 Å². The predicted molar refractivity (Wildman–Crippen MR) is 74.2 cm³/mol. The van der Waals surface area contributed by atoms with Gasteiger partial charge in [-0.1, -0.05) is 0 Å². The zero-order valence-corrected chi connectivity index (χ0v) is 11.4. The molecular formula is C13H12BrN3O. The molecule has 0 aliphatic heterocycles. The van der Waals surface area contributed by atoms with E-state index < -0.39 is 0 Å². The fourth-order valence-corrected chi connectivity index (χ4v) is 2.05. The molecule has 0 amide bonds. The number of aromatic nitrogens is 1. The molecule has 0 aliphatic carbocycles. The third-order valence-corrected chi connectivity index (χ3v) is 3.07. The first-order chi connectivity index (χ1) is 8.58. The molecule has 2 aromatic rings. The highest BCUT2D eigenvalue weighted by Crippen LogP contribution is 2.27. The number of aryl methyl sites for hydroxylation is 1. The van der Waals surface area contributed by atoms with Gasteiger partial charge in [-0.15, -0.1) is 0 Å². The van der Waals surface area contributed by atoms with Crippen molar-refractivity contribution in [2.75, 3.05) is 0 Å². The van der Waals surface area contributed by atoms with Crippen molar-refractivity contribution >= 4 is 21.8 Å². The van der Waals surface area contributed by atoms with Crippen molar-refractivity contribution in [3.63, 3.8) is 0 Å². The minimum Gasteiger partial charge on any atom is -0.455 e. The van der Waals surface area contributed by atoms with E-state index in [2.05, 4.69) is 20.9 Å². The fraction of sp³-hybridized carbons (Fsp3) is 0.0769. The van der Waals surface area contributed by atoms with E-state index in [1.807, 2.05) is 19.1 Å². The lowest BCUT2D eigenvalue weighted by Gasteiger charge is -2.09. The lowest BCUT2D eigenvalue weighted by molar-refractivity contribution is 0.475. The Morgan fingerprint density at radius 3 is 2.78 bits per heavy atom. The van der Waals surface area contributed by atoms with Gasteiger partial charge in [-0.05, 0) is 53.2 Å². The SMILES string of the molecule is Cc1ncccc1Oc1ccc(C(=N)N)c(Br)c1. The summed E-state index contributed by atoms with van der Waals surface area (Å²) in [5, 5.41) is 7.40. The Kier molecular flexibility index (Phi) is 3.62. The highest BCUT2D eigenvalue weighted by molar-refractivity contribution is 9.10. The van der Waals surface area contributed by atoms with Crippen molar-refractivity contribution in [2.45, 2.75) is 6.92 Å². The van der Waals surface area contributed by atoms with Gasteiger partial charge in [0.15, 0.2) is 0 Å². The Morgan fingerprint density at radius 1 is 1.39 bits per heavy atom. The van der Waals surface area contributed by atoms with E-state index >= 15 is 0 Å². The van der Waals surface area contributed by atoms with Crippen LogP contribution in [-0.2, 0) is 0 Å². The van der Waals surface area contributed by atoms with E-state index in [0.29, 0.717) is 17.1 Å². The van der Waals surface area contributed by atoms with Crippen LogP contribution in [0.3, 0.4) is 0 Å². The second-order valence-electron chi connectivity index (χ2n) is 3.74. The van der Waals surface area contributed by atoms with Crippen LogP contribution in [0.4, 0.5) is 0 Å². The number of halogens is 1. The summed E-state index contributed by atoms with van der Waals surface area (Å²) in [5.74, 6) is 1.40. The van der Waals surface area contributed by atoms with Crippen LogP contribution in [-0.4, -0.2) is 10.8 Å². The lowest BCUT2D eigenvalue weighted by atomic mass is 10.2. The van der Waals surface area contributed by atoms with Gasteiger partial charge in [0.2, 0.25) is 0 Å². The summed E-state index contributed by atoms with van der Waals surface area (Å²) in [6.07, 6.45) is 1.72. The molecular weight excluding hydrogens is 294 g/mol. The molecule has 0 aliphatic rings. The third kappa shape index (κ3) is 2.68. The number of benzene rings is 1. The fourth-order valence-electron chi connectivity index (χ4n) is 1.48. The summed E-state index contributed by atoms with van der Waals surface area (Å²) in [5.41, 5.74) is 6.91. The maximum atomic E-state index is 7.40.